The Morgan fingerprint density at radius 2 is 1.59 bits per heavy atom. The molecule has 88 valence electrons. The van der Waals surface area contributed by atoms with Crippen molar-refractivity contribution < 1.29 is 15.3 Å². The Hall–Kier alpha value is -2.00. The molecule has 0 aliphatic heterocycles. The van der Waals surface area contributed by atoms with Crippen LogP contribution in [0.5, 0.6) is 11.5 Å². The van der Waals surface area contributed by atoms with Crippen molar-refractivity contribution in [2.24, 2.45) is 0 Å². The first-order valence-corrected chi connectivity index (χ1v) is 5.43. The van der Waals surface area contributed by atoms with Crippen molar-refractivity contribution in [3.63, 3.8) is 0 Å². The fraction of sp³-hybridized carbons (Fsp3) is 0.143. The number of aliphatic hydroxyl groups is 1. The number of aliphatic hydroxyl groups excluding tert-OH is 1. The minimum absolute atomic E-state index is 0.122. The summed E-state index contributed by atoms with van der Waals surface area (Å²) < 4.78 is 0. The summed E-state index contributed by atoms with van der Waals surface area (Å²) >= 11 is 0. The van der Waals surface area contributed by atoms with E-state index >= 15 is 0 Å². The third kappa shape index (κ3) is 2.57. The molecule has 2 aromatic carbocycles. The topological polar surface area (TPSA) is 60.7 Å². The van der Waals surface area contributed by atoms with E-state index in [1.54, 1.807) is 0 Å². The van der Waals surface area contributed by atoms with E-state index in [1.807, 2.05) is 24.3 Å². The summed E-state index contributed by atoms with van der Waals surface area (Å²) in [5, 5.41) is 27.9. The zero-order chi connectivity index (χ0) is 12.3. The van der Waals surface area contributed by atoms with Gasteiger partial charge in [-0.15, -0.1) is 0 Å². The predicted octanol–water partition coefficient (Wildman–Crippen LogP) is 2.30. The van der Waals surface area contributed by atoms with E-state index in [0.29, 0.717) is 12.0 Å². The minimum Gasteiger partial charge on any atom is -0.508 e. The van der Waals surface area contributed by atoms with Gasteiger partial charge in [-0.3, -0.25) is 0 Å². The molecule has 3 heteroatoms. The molecule has 0 radical (unpaired) electrons. The highest BCUT2D eigenvalue weighted by Gasteiger charge is 2.05. The molecule has 2 rings (SSSR count). The zero-order valence-electron chi connectivity index (χ0n) is 9.30. The quantitative estimate of drug-likeness (QED) is 0.709. The van der Waals surface area contributed by atoms with Gasteiger partial charge in [0, 0.05) is 12.2 Å². The van der Waals surface area contributed by atoms with Crippen LogP contribution in [0.4, 0.5) is 0 Å². The van der Waals surface area contributed by atoms with Gasteiger partial charge in [0.05, 0.1) is 0 Å². The summed E-state index contributed by atoms with van der Waals surface area (Å²) in [7, 11) is 0. The van der Waals surface area contributed by atoms with E-state index in [-0.39, 0.29) is 18.1 Å². The first kappa shape index (κ1) is 11.5. The summed E-state index contributed by atoms with van der Waals surface area (Å²) in [6.45, 7) is 0.122. The van der Waals surface area contributed by atoms with Crippen molar-refractivity contribution in [3.8, 4) is 22.6 Å². The Morgan fingerprint density at radius 3 is 2.24 bits per heavy atom. The Labute approximate surface area is 99.6 Å². The second-order valence-electron chi connectivity index (χ2n) is 3.87. The first-order chi connectivity index (χ1) is 8.20. The third-order valence-electron chi connectivity index (χ3n) is 2.65. The molecular formula is C14H14O3. The van der Waals surface area contributed by atoms with Crippen LogP contribution in [0.15, 0.2) is 42.5 Å². The molecule has 17 heavy (non-hydrogen) atoms. The first-order valence-electron chi connectivity index (χ1n) is 5.43. The largest absolute Gasteiger partial charge is 0.508 e. The molecular weight excluding hydrogens is 216 g/mol. The molecule has 0 bridgehead atoms. The van der Waals surface area contributed by atoms with E-state index in [4.69, 9.17) is 5.11 Å². The van der Waals surface area contributed by atoms with Crippen LogP contribution in [0.3, 0.4) is 0 Å². The van der Waals surface area contributed by atoms with Gasteiger partial charge in [-0.1, -0.05) is 24.3 Å². The number of rotatable bonds is 3. The molecule has 0 fully saturated rings. The van der Waals surface area contributed by atoms with Crippen LogP contribution >= 0.6 is 0 Å². The molecule has 0 aliphatic carbocycles. The van der Waals surface area contributed by atoms with Gasteiger partial charge >= 0.3 is 0 Å². The van der Waals surface area contributed by atoms with Crippen LogP contribution in [0.2, 0.25) is 0 Å². The summed E-state index contributed by atoms with van der Waals surface area (Å²) in [4.78, 5) is 0. The fourth-order valence-corrected chi connectivity index (χ4v) is 1.74. The number of aromatic hydroxyl groups is 2. The van der Waals surface area contributed by atoms with Crippen LogP contribution < -0.4 is 0 Å². The Bertz CT molecular complexity index is 503. The molecule has 0 saturated carbocycles. The highest BCUT2D eigenvalue weighted by molar-refractivity contribution is 5.71. The highest BCUT2D eigenvalue weighted by atomic mass is 16.3. The maximum Gasteiger partial charge on any atom is 0.123 e. The Kier molecular flexibility index (Phi) is 3.30. The molecule has 0 unspecified atom stereocenters. The lowest BCUT2D eigenvalue weighted by molar-refractivity contribution is 0.299. The van der Waals surface area contributed by atoms with E-state index in [2.05, 4.69) is 0 Å². The fourth-order valence-electron chi connectivity index (χ4n) is 1.74. The normalized spacial score (nSPS) is 10.4. The van der Waals surface area contributed by atoms with Crippen molar-refractivity contribution in [3.05, 3.63) is 48.0 Å². The van der Waals surface area contributed by atoms with Gasteiger partial charge in [-0.25, -0.2) is 0 Å². The average molecular weight is 230 g/mol. The van der Waals surface area contributed by atoms with Crippen molar-refractivity contribution in [1.82, 2.24) is 0 Å². The molecule has 0 saturated heterocycles. The van der Waals surface area contributed by atoms with Crippen molar-refractivity contribution in [1.29, 1.82) is 0 Å². The van der Waals surface area contributed by atoms with E-state index in [1.165, 1.54) is 18.2 Å². The van der Waals surface area contributed by atoms with Crippen molar-refractivity contribution >= 4 is 0 Å². The predicted molar refractivity (Wildman–Crippen MR) is 66.0 cm³/mol. The van der Waals surface area contributed by atoms with Crippen LogP contribution in [0, 0.1) is 0 Å². The van der Waals surface area contributed by atoms with Crippen LogP contribution in [0.1, 0.15) is 5.56 Å². The molecule has 0 aliphatic rings. The van der Waals surface area contributed by atoms with E-state index in [9.17, 15) is 10.2 Å². The summed E-state index contributed by atoms with van der Waals surface area (Å²) in [6, 6.07) is 11.9. The lowest BCUT2D eigenvalue weighted by Crippen LogP contribution is -1.89. The SMILES string of the molecule is OCCc1ccc(-c2cc(O)ccc2O)cc1. The van der Waals surface area contributed by atoms with Gasteiger partial charge in [0.2, 0.25) is 0 Å². The Balaban J connectivity index is 2.36. The van der Waals surface area contributed by atoms with Crippen LogP contribution in [0.25, 0.3) is 11.1 Å². The van der Waals surface area contributed by atoms with Gasteiger partial charge in [0.25, 0.3) is 0 Å². The summed E-state index contributed by atoms with van der Waals surface area (Å²) in [6.07, 6.45) is 0.617. The number of hydrogen-bond acceptors (Lipinski definition) is 3. The number of benzene rings is 2. The molecule has 0 aromatic heterocycles. The van der Waals surface area contributed by atoms with Gasteiger partial charge in [-0.2, -0.15) is 0 Å². The molecule has 0 atom stereocenters. The maximum absolute atomic E-state index is 9.71. The third-order valence-corrected chi connectivity index (χ3v) is 2.65. The zero-order valence-corrected chi connectivity index (χ0v) is 9.30. The smallest absolute Gasteiger partial charge is 0.123 e. The molecule has 2 aromatic rings. The minimum atomic E-state index is 0.122. The van der Waals surface area contributed by atoms with E-state index < -0.39 is 0 Å². The summed E-state index contributed by atoms with van der Waals surface area (Å²) in [5.41, 5.74) is 2.47. The molecule has 0 heterocycles. The summed E-state index contributed by atoms with van der Waals surface area (Å²) in [5.74, 6) is 0.259. The van der Waals surface area contributed by atoms with Gasteiger partial charge in [-0.05, 0) is 35.7 Å². The van der Waals surface area contributed by atoms with Crippen molar-refractivity contribution in [2.45, 2.75) is 6.42 Å². The molecule has 0 spiro atoms. The van der Waals surface area contributed by atoms with Crippen molar-refractivity contribution in [2.75, 3.05) is 6.61 Å². The molecule has 3 nitrogen and oxygen atoms in total. The molecule has 0 amide bonds. The lowest BCUT2D eigenvalue weighted by Gasteiger charge is -2.06. The maximum atomic E-state index is 9.71. The van der Waals surface area contributed by atoms with Gasteiger partial charge < -0.3 is 15.3 Å². The molecule has 3 N–H and O–H groups in total. The highest BCUT2D eigenvalue weighted by Crippen LogP contribution is 2.32. The lowest BCUT2D eigenvalue weighted by atomic mass is 10.0. The van der Waals surface area contributed by atoms with Gasteiger partial charge in [0.15, 0.2) is 0 Å². The Morgan fingerprint density at radius 1 is 0.882 bits per heavy atom. The van der Waals surface area contributed by atoms with E-state index in [0.717, 1.165) is 11.1 Å². The van der Waals surface area contributed by atoms with Gasteiger partial charge in [0.1, 0.15) is 11.5 Å². The second-order valence-corrected chi connectivity index (χ2v) is 3.87. The average Bonchev–Trinajstić information content (AvgIpc) is 2.34. The number of phenols is 2. The monoisotopic (exact) mass is 230 g/mol. The second kappa shape index (κ2) is 4.89. The van der Waals surface area contributed by atoms with Crippen LogP contribution in [-0.4, -0.2) is 21.9 Å². The number of hydrogen-bond donors (Lipinski definition) is 3. The number of phenolic OH excluding ortho intramolecular Hbond substituents is 2. The standard InChI is InChI=1S/C14H14O3/c15-8-7-10-1-3-11(4-2-10)13-9-12(16)5-6-14(13)17/h1-6,9,15-17H,7-8H2. The van der Waals surface area contributed by atoms with Crippen LogP contribution in [-0.2, 0) is 6.42 Å².